The molecule has 2 aromatic heterocycles. The van der Waals surface area contributed by atoms with Crippen molar-refractivity contribution in [2.75, 3.05) is 11.1 Å². The molecule has 0 aliphatic rings. The van der Waals surface area contributed by atoms with Crippen LogP contribution in [0.15, 0.2) is 53.4 Å². The number of carbonyl (C=O) groups excluding carboxylic acids is 1. The second-order valence-corrected chi connectivity index (χ2v) is 6.05. The summed E-state index contributed by atoms with van der Waals surface area (Å²) in [5, 5.41) is 6.68. The molecule has 0 fully saturated rings. The van der Waals surface area contributed by atoms with Crippen molar-refractivity contribution in [2.24, 2.45) is 0 Å². The Labute approximate surface area is 144 Å². The van der Waals surface area contributed by atoms with Gasteiger partial charge in [-0.15, -0.1) is 11.3 Å². The molecule has 0 radical (unpaired) electrons. The van der Waals surface area contributed by atoms with Gasteiger partial charge in [-0.3, -0.25) is 9.78 Å². The van der Waals surface area contributed by atoms with Gasteiger partial charge in [-0.05, 0) is 36.6 Å². The highest BCUT2D eigenvalue weighted by atomic mass is 32.1. The number of pyridine rings is 1. The largest absolute Gasteiger partial charge is 0.489 e. The minimum Gasteiger partial charge on any atom is -0.489 e. The summed E-state index contributed by atoms with van der Waals surface area (Å²) in [5.74, 6) is 0.460. The molecule has 5 nitrogen and oxygen atoms in total. The first-order valence-corrected chi connectivity index (χ1v) is 8.33. The molecule has 0 saturated carbocycles. The van der Waals surface area contributed by atoms with Gasteiger partial charge in [-0.2, -0.15) is 0 Å². The Hall–Kier alpha value is -2.86. The quantitative estimate of drug-likeness (QED) is 0.740. The van der Waals surface area contributed by atoms with E-state index in [0.717, 1.165) is 16.9 Å². The number of anilines is 2. The molecule has 3 aromatic rings. The molecule has 0 aliphatic carbocycles. The highest BCUT2D eigenvalue weighted by Gasteiger charge is 2.07. The molecule has 1 amide bonds. The third-order valence-corrected chi connectivity index (χ3v) is 4.25. The number of ether oxygens (including phenoxy) is 1. The smallest absolute Gasteiger partial charge is 0.257 e. The summed E-state index contributed by atoms with van der Waals surface area (Å²) in [6.07, 6.45) is 1.56. The van der Waals surface area contributed by atoms with E-state index in [4.69, 9.17) is 10.5 Å². The maximum absolute atomic E-state index is 12.2. The number of nitrogens with zero attached hydrogens (tertiary/aromatic N) is 1. The lowest BCUT2D eigenvalue weighted by Gasteiger charge is -2.09. The molecule has 0 atom stereocenters. The topological polar surface area (TPSA) is 77.2 Å². The summed E-state index contributed by atoms with van der Waals surface area (Å²) >= 11 is 1.54. The zero-order chi connectivity index (χ0) is 16.9. The van der Waals surface area contributed by atoms with Crippen molar-refractivity contribution in [2.45, 2.75) is 13.5 Å². The minimum atomic E-state index is -0.207. The molecule has 0 unspecified atom stereocenters. The predicted molar refractivity (Wildman–Crippen MR) is 96.4 cm³/mol. The van der Waals surface area contributed by atoms with Gasteiger partial charge in [0, 0.05) is 40.3 Å². The van der Waals surface area contributed by atoms with Gasteiger partial charge in [0.25, 0.3) is 5.91 Å². The number of nitrogen functional groups attached to an aromatic ring is 1. The molecule has 24 heavy (non-hydrogen) atoms. The number of aryl methyl sites for hydroxylation is 1. The zero-order valence-corrected chi connectivity index (χ0v) is 14.0. The minimum absolute atomic E-state index is 0.207. The fourth-order valence-corrected chi connectivity index (χ4v) is 2.82. The van der Waals surface area contributed by atoms with Crippen LogP contribution in [0.25, 0.3) is 0 Å². The Morgan fingerprint density at radius 3 is 2.88 bits per heavy atom. The van der Waals surface area contributed by atoms with E-state index in [1.165, 1.54) is 0 Å². The van der Waals surface area contributed by atoms with E-state index in [2.05, 4.69) is 10.3 Å². The number of nitrogens with two attached hydrogens (primary N) is 1. The third kappa shape index (κ3) is 3.91. The molecule has 0 aliphatic heterocycles. The van der Waals surface area contributed by atoms with Crippen molar-refractivity contribution in [1.29, 1.82) is 0 Å². The average molecular weight is 339 g/mol. The first kappa shape index (κ1) is 16.0. The monoisotopic (exact) mass is 339 g/mol. The van der Waals surface area contributed by atoms with Crippen LogP contribution in [0.4, 0.5) is 11.4 Å². The first-order chi connectivity index (χ1) is 11.6. The van der Waals surface area contributed by atoms with Crippen molar-refractivity contribution in [3.8, 4) is 5.75 Å². The van der Waals surface area contributed by atoms with E-state index >= 15 is 0 Å². The Morgan fingerprint density at radius 2 is 2.17 bits per heavy atom. The normalized spacial score (nSPS) is 10.4. The summed E-state index contributed by atoms with van der Waals surface area (Å²) in [5.41, 5.74) is 9.58. The Bertz CT molecular complexity index is 843. The van der Waals surface area contributed by atoms with Crippen LogP contribution < -0.4 is 15.8 Å². The molecule has 0 spiro atoms. The van der Waals surface area contributed by atoms with Crippen molar-refractivity contribution in [1.82, 2.24) is 4.98 Å². The van der Waals surface area contributed by atoms with Gasteiger partial charge < -0.3 is 15.8 Å². The van der Waals surface area contributed by atoms with Crippen LogP contribution in [0.2, 0.25) is 0 Å². The van der Waals surface area contributed by atoms with Crippen LogP contribution in [0.1, 0.15) is 21.6 Å². The SMILES string of the molecule is Cc1ccc(C(=O)Nc2cccc(OCc3cscc3N)c2)cn1. The van der Waals surface area contributed by atoms with E-state index in [0.29, 0.717) is 23.6 Å². The molecular weight excluding hydrogens is 322 g/mol. The Morgan fingerprint density at radius 1 is 1.29 bits per heavy atom. The number of hydrogen-bond donors (Lipinski definition) is 2. The summed E-state index contributed by atoms with van der Waals surface area (Å²) in [6.45, 7) is 2.28. The van der Waals surface area contributed by atoms with Gasteiger partial charge in [-0.25, -0.2) is 0 Å². The van der Waals surface area contributed by atoms with E-state index in [9.17, 15) is 4.79 Å². The number of benzene rings is 1. The summed E-state index contributed by atoms with van der Waals surface area (Å²) in [6, 6.07) is 10.8. The van der Waals surface area contributed by atoms with Crippen LogP contribution in [0.5, 0.6) is 5.75 Å². The third-order valence-electron chi connectivity index (χ3n) is 3.44. The highest BCUT2D eigenvalue weighted by Crippen LogP contribution is 2.22. The summed E-state index contributed by atoms with van der Waals surface area (Å²) in [7, 11) is 0. The van der Waals surface area contributed by atoms with Gasteiger partial charge in [0.2, 0.25) is 0 Å². The highest BCUT2D eigenvalue weighted by molar-refractivity contribution is 7.08. The van der Waals surface area contributed by atoms with Crippen LogP contribution in [0.3, 0.4) is 0 Å². The lowest BCUT2D eigenvalue weighted by molar-refractivity contribution is 0.102. The molecule has 1 aromatic carbocycles. The van der Waals surface area contributed by atoms with Crippen LogP contribution in [-0.2, 0) is 6.61 Å². The molecule has 6 heteroatoms. The standard InChI is InChI=1S/C18H17N3O2S/c1-12-5-6-13(8-20-12)18(22)21-15-3-2-4-16(7-15)23-9-14-10-24-11-17(14)19/h2-8,10-11H,9,19H2,1H3,(H,21,22). The Balaban J connectivity index is 1.65. The number of amides is 1. The van der Waals surface area contributed by atoms with Crippen LogP contribution >= 0.6 is 11.3 Å². The van der Waals surface area contributed by atoms with Crippen LogP contribution in [-0.4, -0.2) is 10.9 Å². The van der Waals surface area contributed by atoms with Gasteiger partial charge in [-0.1, -0.05) is 6.07 Å². The Kier molecular flexibility index (Phi) is 4.77. The van der Waals surface area contributed by atoms with E-state index in [1.807, 2.05) is 35.9 Å². The maximum Gasteiger partial charge on any atom is 0.257 e. The number of hydrogen-bond acceptors (Lipinski definition) is 5. The van der Waals surface area contributed by atoms with Crippen molar-refractivity contribution in [3.63, 3.8) is 0 Å². The fourth-order valence-electron chi connectivity index (χ4n) is 2.08. The average Bonchev–Trinajstić information content (AvgIpc) is 2.99. The zero-order valence-electron chi connectivity index (χ0n) is 13.2. The predicted octanol–water partition coefficient (Wildman–Crippen LogP) is 3.87. The van der Waals surface area contributed by atoms with Gasteiger partial charge in [0.1, 0.15) is 12.4 Å². The van der Waals surface area contributed by atoms with Crippen molar-refractivity contribution < 1.29 is 9.53 Å². The molecule has 2 heterocycles. The number of rotatable bonds is 5. The maximum atomic E-state index is 12.2. The molecule has 3 N–H and O–H groups in total. The second-order valence-electron chi connectivity index (χ2n) is 5.31. The molecule has 0 saturated heterocycles. The molecular formula is C18H17N3O2S. The number of thiophene rings is 1. The first-order valence-electron chi connectivity index (χ1n) is 7.39. The lowest BCUT2D eigenvalue weighted by Crippen LogP contribution is -2.12. The van der Waals surface area contributed by atoms with Gasteiger partial charge in [0.15, 0.2) is 0 Å². The molecule has 3 rings (SSSR count). The van der Waals surface area contributed by atoms with E-state index < -0.39 is 0 Å². The number of nitrogens with one attached hydrogen (secondary N) is 1. The van der Waals surface area contributed by atoms with Crippen molar-refractivity contribution >= 4 is 28.6 Å². The lowest BCUT2D eigenvalue weighted by atomic mass is 10.2. The fraction of sp³-hybridized carbons (Fsp3) is 0.111. The molecule has 0 bridgehead atoms. The second kappa shape index (κ2) is 7.14. The summed E-state index contributed by atoms with van der Waals surface area (Å²) in [4.78, 5) is 16.3. The van der Waals surface area contributed by atoms with Gasteiger partial charge in [0.05, 0.1) is 5.56 Å². The van der Waals surface area contributed by atoms with Crippen LogP contribution in [0, 0.1) is 6.92 Å². The van der Waals surface area contributed by atoms with Crippen molar-refractivity contribution in [3.05, 3.63) is 70.2 Å². The number of carbonyl (C=O) groups is 1. The number of aromatic nitrogens is 1. The molecule has 122 valence electrons. The van der Waals surface area contributed by atoms with Gasteiger partial charge >= 0.3 is 0 Å². The summed E-state index contributed by atoms with van der Waals surface area (Å²) < 4.78 is 5.74. The van der Waals surface area contributed by atoms with E-state index in [-0.39, 0.29) is 5.91 Å². The van der Waals surface area contributed by atoms with E-state index in [1.54, 1.807) is 35.7 Å².